The van der Waals surface area contributed by atoms with Gasteiger partial charge < -0.3 is 10.2 Å². The van der Waals surface area contributed by atoms with Crippen LogP contribution in [0.5, 0.6) is 0 Å². The van der Waals surface area contributed by atoms with Crippen LogP contribution in [0.4, 0.5) is 0 Å². The highest BCUT2D eigenvalue weighted by Gasteiger charge is 2.24. The lowest BCUT2D eigenvalue weighted by Crippen LogP contribution is -2.48. The van der Waals surface area contributed by atoms with Gasteiger partial charge in [0.2, 0.25) is 0 Å². The fourth-order valence-electron chi connectivity index (χ4n) is 2.21. The Morgan fingerprint density at radius 2 is 2.27 bits per heavy atom. The van der Waals surface area contributed by atoms with E-state index in [1.165, 1.54) is 19.5 Å². The molecule has 3 atom stereocenters. The Morgan fingerprint density at radius 3 is 2.80 bits per heavy atom. The minimum Gasteiger partial charge on any atom is -0.313 e. The van der Waals surface area contributed by atoms with Gasteiger partial charge in [-0.15, -0.1) is 0 Å². The van der Waals surface area contributed by atoms with Gasteiger partial charge in [-0.2, -0.15) is 0 Å². The number of nitrogens with zero attached hydrogens (tertiary/aromatic N) is 1. The van der Waals surface area contributed by atoms with Crippen molar-refractivity contribution in [2.45, 2.75) is 26.3 Å². The third kappa shape index (κ3) is 4.62. The first kappa shape index (κ1) is 13.1. The van der Waals surface area contributed by atoms with Crippen molar-refractivity contribution in [3.8, 4) is 0 Å². The summed E-state index contributed by atoms with van der Waals surface area (Å²) >= 11 is 0. The molecule has 15 heavy (non-hydrogen) atoms. The van der Waals surface area contributed by atoms with Crippen molar-refractivity contribution in [2.24, 2.45) is 5.92 Å². The van der Waals surface area contributed by atoms with Crippen LogP contribution in [0.25, 0.3) is 0 Å². The van der Waals surface area contributed by atoms with Gasteiger partial charge in [0.15, 0.2) is 0 Å². The zero-order valence-corrected chi connectivity index (χ0v) is 11.0. The second-order valence-corrected chi connectivity index (χ2v) is 6.05. The second-order valence-electron chi connectivity index (χ2n) is 4.50. The number of rotatable bonds is 5. The Morgan fingerprint density at radius 1 is 1.53 bits per heavy atom. The van der Waals surface area contributed by atoms with Gasteiger partial charge in [0.1, 0.15) is 0 Å². The Bertz CT molecular complexity index is 211. The molecule has 0 aromatic rings. The van der Waals surface area contributed by atoms with Crippen molar-refractivity contribution in [3.63, 3.8) is 0 Å². The minimum atomic E-state index is -0.663. The summed E-state index contributed by atoms with van der Waals surface area (Å²) in [5, 5.41) is 3.53. The van der Waals surface area contributed by atoms with Gasteiger partial charge in [0.25, 0.3) is 0 Å². The van der Waals surface area contributed by atoms with Gasteiger partial charge >= 0.3 is 0 Å². The summed E-state index contributed by atoms with van der Waals surface area (Å²) in [5.74, 6) is 1.49. The molecule has 0 spiro atoms. The number of hydrogen-bond acceptors (Lipinski definition) is 3. The summed E-state index contributed by atoms with van der Waals surface area (Å²) in [6.07, 6.45) is 3.00. The molecule has 0 aromatic heterocycles. The quantitative estimate of drug-likeness (QED) is 0.757. The summed E-state index contributed by atoms with van der Waals surface area (Å²) in [5.41, 5.74) is 0. The number of piperidine rings is 1. The monoisotopic (exact) mass is 232 g/mol. The Kier molecular flexibility index (Phi) is 5.79. The average molecular weight is 232 g/mol. The van der Waals surface area contributed by atoms with Crippen LogP contribution >= 0.6 is 0 Å². The highest BCUT2D eigenvalue weighted by Crippen LogP contribution is 2.16. The Balaban J connectivity index is 2.22. The third-order valence-corrected chi connectivity index (χ3v) is 4.01. The molecule has 0 saturated carbocycles. The topological polar surface area (TPSA) is 32.3 Å². The van der Waals surface area contributed by atoms with Gasteiger partial charge in [-0.25, -0.2) is 0 Å². The molecule has 0 bridgehead atoms. The molecule has 1 rings (SSSR count). The van der Waals surface area contributed by atoms with Crippen LogP contribution in [-0.4, -0.2) is 53.3 Å². The van der Waals surface area contributed by atoms with E-state index in [1.54, 1.807) is 6.26 Å². The molecule has 1 aliphatic heterocycles. The Labute approximate surface area is 96.1 Å². The maximum atomic E-state index is 10.9. The van der Waals surface area contributed by atoms with Crippen LogP contribution < -0.4 is 5.32 Å². The lowest BCUT2D eigenvalue weighted by molar-refractivity contribution is 0.155. The fraction of sp³-hybridized carbons (Fsp3) is 1.00. The predicted octanol–water partition coefficient (Wildman–Crippen LogP) is 0.685. The second kappa shape index (κ2) is 6.61. The van der Waals surface area contributed by atoms with E-state index in [4.69, 9.17) is 0 Å². The number of nitrogens with one attached hydrogen (secondary N) is 1. The van der Waals surface area contributed by atoms with E-state index in [-0.39, 0.29) is 0 Å². The summed E-state index contributed by atoms with van der Waals surface area (Å²) in [6, 6.07) is 0.622. The summed E-state index contributed by atoms with van der Waals surface area (Å²) in [4.78, 5) is 2.50. The van der Waals surface area contributed by atoms with E-state index in [0.29, 0.717) is 12.0 Å². The zero-order valence-electron chi connectivity index (χ0n) is 10.2. The van der Waals surface area contributed by atoms with Gasteiger partial charge in [-0.3, -0.25) is 4.21 Å². The van der Waals surface area contributed by atoms with E-state index in [1.807, 2.05) is 0 Å². The molecule has 1 fully saturated rings. The zero-order chi connectivity index (χ0) is 11.3. The van der Waals surface area contributed by atoms with Gasteiger partial charge in [0, 0.05) is 41.9 Å². The highest BCUT2D eigenvalue weighted by molar-refractivity contribution is 7.84. The molecule has 3 nitrogen and oxygen atoms in total. The minimum absolute atomic E-state index is 0.622. The molecular formula is C11H24N2OS. The summed E-state index contributed by atoms with van der Waals surface area (Å²) in [7, 11) is -0.663. The summed E-state index contributed by atoms with van der Waals surface area (Å²) < 4.78 is 10.9. The van der Waals surface area contributed by atoms with Gasteiger partial charge in [0.05, 0.1) is 0 Å². The third-order valence-electron chi connectivity index (χ3n) is 3.23. The molecule has 0 aromatic carbocycles. The molecule has 90 valence electrons. The van der Waals surface area contributed by atoms with Gasteiger partial charge in [-0.1, -0.05) is 13.8 Å². The normalized spacial score (nSPS) is 30.3. The highest BCUT2D eigenvalue weighted by atomic mass is 32.2. The van der Waals surface area contributed by atoms with Crippen molar-refractivity contribution in [1.29, 1.82) is 0 Å². The van der Waals surface area contributed by atoms with E-state index in [9.17, 15) is 4.21 Å². The SMILES string of the molecule is CCN1CCC(NCCS(C)=O)C(C)C1. The first-order valence-corrected chi connectivity index (χ1v) is 7.62. The van der Waals surface area contributed by atoms with E-state index in [2.05, 4.69) is 24.1 Å². The van der Waals surface area contributed by atoms with E-state index >= 15 is 0 Å². The van der Waals surface area contributed by atoms with Crippen LogP contribution in [-0.2, 0) is 10.8 Å². The lowest BCUT2D eigenvalue weighted by atomic mass is 9.94. The van der Waals surface area contributed by atoms with Crippen molar-refractivity contribution in [1.82, 2.24) is 10.2 Å². The molecule has 1 heterocycles. The molecule has 1 aliphatic rings. The molecular weight excluding hydrogens is 208 g/mol. The maximum Gasteiger partial charge on any atom is 0.0357 e. The number of hydrogen-bond donors (Lipinski definition) is 1. The van der Waals surface area contributed by atoms with Crippen LogP contribution in [0, 0.1) is 5.92 Å². The smallest absolute Gasteiger partial charge is 0.0357 e. The first-order valence-electron chi connectivity index (χ1n) is 5.89. The molecule has 4 heteroatoms. The Hall–Kier alpha value is 0.0700. The first-order chi connectivity index (χ1) is 7.13. The molecule has 3 unspecified atom stereocenters. The standard InChI is InChI=1S/C11H24N2OS/c1-4-13-7-5-11(10(2)9-13)12-6-8-15(3)14/h10-12H,4-9H2,1-3H3. The van der Waals surface area contributed by atoms with E-state index in [0.717, 1.165) is 18.8 Å². The lowest BCUT2D eigenvalue weighted by Gasteiger charge is -2.36. The maximum absolute atomic E-state index is 10.9. The largest absolute Gasteiger partial charge is 0.313 e. The molecule has 0 radical (unpaired) electrons. The number of likely N-dealkylation sites (tertiary alicyclic amines) is 1. The molecule has 0 amide bonds. The van der Waals surface area contributed by atoms with Crippen molar-refractivity contribution >= 4 is 10.8 Å². The van der Waals surface area contributed by atoms with Crippen molar-refractivity contribution in [3.05, 3.63) is 0 Å². The van der Waals surface area contributed by atoms with Crippen LogP contribution in [0.1, 0.15) is 20.3 Å². The van der Waals surface area contributed by atoms with Crippen LogP contribution in [0.2, 0.25) is 0 Å². The molecule has 1 N–H and O–H groups in total. The van der Waals surface area contributed by atoms with Gasteiger partial charge in [-0.05, 0) is 25.4 Å². The van der Waals surface area contributed by atoms with Crippen molar-refractivity contribution < 1.29 is 4.21 Å². The van der Waals surface area contributed by atoms with Crippen LogP contribution in [0.15, 0.2) is 0 Å². The van der Waals surface area contributed by atoms with Crippen molar-refractivity contribution in [2.75, 3.05) is 38.2 Å². The molecule has 0 aliphatic carbocycles. The molecule has 1 saturated heterocycles. The fourth-order valence-corrected chi connectivity index (χ4v) is 2.62. The predicted molar refractivity (Wildman–Crippen MR) is 66.6 cm³/mol. The summed E-state index contributed by atoms with van der Waals surface area (Å²) in [6.45, 7) is 8.99. The van der Waals surface area contributed by atoms with Crippen LogP contribution in [0.3, 0.4) is 0 Å². The van der Waals surface area contributed by atoms with E-state index < -0.39 is 10.8 Å². The average Bonchev–Trinajstić information content (AvgIpc) is 2.20.